The number of carbonyl (C=O) groups is 1. The molecule has 0 bridgehead atoms. The number of carboxylic acid groups (broad SMARTS) is 1. The molecule has 0 fully saturated rings. The van der Waals surface area contributed by atoms with E-state index in [0.717, 1.165) is 23.0 Å². The molecule has 0 saturated heterocycles. The Morgan fingerprint density at radius 2 is 2.12 bits per heavy atom. The third-order valence-electron chi connectivity index (χ3n) is 7.16. The van der Waals surface area contributed by atoms with Crippen LogP contribution in [0.1, 0.15) is 24.1 Å². The second-order valence-corrected chi connectivity index (χ2v) is 11.6. The molecule has 10 nitrogen and oxygen atoms in total. The van der Waals surface area contributed by atoms with Crippen molar-refractivity contribution < 1.29 is 23.4 Å². The van der Waals surface area contributed by atoms with Crippen molar-refractivity contribution in [2.24, 2.45) is 0 Å². The Labute approximate surface area is 256 Å². The number of halogens is 3. The van der Waals surface area contributed by atoms with Gasteiger partial charge in [0.2, 0.25) is 0 Å². The van der Waals surface area contributed by atoms with E-state index in [1.54, 1.807) is 18.5 Å². The highest BCUT2D eigenvalue weighted by atomic mass is 35.5. The molecule has 43 heavy (non-hydrogen) atoms. The lowest BCUT2D eigenvalue weighted by molar-refractivity contribution is 0.210. The predicted molar refractivity (Wildman–Crippen MR) is 163 cm³/mol. The first-order chi connectivity index (χ1) is 20.7. The van der Waals surface area contributed by atoms with Gasteiger partial charge in [-0.25, -0.2) is 28.5 Å². The van der Waals surface area contributed by atoms with Gasteiger partial charge in [-0.05, 0) is 30.9 Å². The topological polar surface area (TPSA) is 150 Å². The minimum Gasteiger partial charge on any atom is -0.489 e. The lowest BCUT2D eigenvalue weighted by Gasteiger charge is -2.30. The second-order valence-electron chi connectivity index (χ2n) is 9.43. The summed E-state index contributed by atoms with van der Waals surface area (Å²) in [5, 5.41) is 21.6. The number of nitrogen functional groups attached to an aromatic ring is 1. The Morgan fingerprint density at radius 3 is 2.81 bits per heavy atom. The smallest absolute Gasteiger partial charge is 0.409 e. The van der Waals surface area contributed by atoms with Gasteiger partial charge in [-0.15, -0.1) is 11.3 Å². The molecule has 1 aliphatic rings. The van der Waals surface area contributed by atoms with Crippen molar-refractivity contribution in [2.75, 3.05) is 35.4 Å². The molecule has 1 amide bonds. The SMILES string of the molecule is CSc1nc2c3c(c(Cl)c(-c4ccc(F)c5sc(NC(=O)O)c(C#N)c45)c(F)c3n1)OCCN2[C@H](C)c1cccnc1N. The summed E-state index contributed by atoms with van der Waals surface area (Å²) in [6, 6.07) is 7.62. The first-order valence-electron chi connectivity index (χ1n) is 12.7. The normalized spacial score (nSPS) is 13.4. The molecular weight excluding hydrogens is 620 g/mol. The number of ether oxygens (including phenoxy) is 1. The van der Waals surface area contributed by atoms with Gasteiger partial charge in [0.25, 0.3) is 0 Å². The van der Waals surface area contributed by atoms with Gasteiger partial charge < -0.3 is 20.5 Å². The first kappa shape index (κ1) is 28.7. The number of nitrogens with two attached hydrogens (primary N) is 1. The van der Waals surface area contributed by atoms with E-state index in [0.29, 0.717) is 18.2 Å². The number of fused-ring (bicyclic) bond motifs is 1. The molecule has 4 heterocycles. The van der Waals surface area contributed by atoms with Gasteiger partial charge in [0.1, 0.15) is 40.6 Å². The van der Waals surface area contributed by atoms with Crippen LogP contribution in [0.4, 0.5) is 30.2 Å². The Bertz CT molecular complexity index is 2020. The molecule has 1 aliphatic heterocycles. The number of nitrogens with zero attached hydrogens (tertiary/aromatic N) is 5. The highest BCUT2D eigenvalue weighted by Gasteiger charge is 2.33. The van der Waals surface area contributed by atoms with E-state index < -0.39 is 17.7 Å². The predicted octanol–water partition coefficient (Wildman–Crippen LogP) is 7.06. The van der Waals surface area contributed by atoms with E-state index in [-0.39, 0.29) is 71.3 Å². The van der Waals surface area contributed by atoms with Gasteiger partial charge >= 0.3 is 6.09 Å². The third kappa shape index (κ3) is 4.60. The highest BCUT2D eigenvalue weighted by Crippen LogP contribution is 2.51. The summed E-state index contributed by atoms with van der Waals surface area (Å²) in [4.78, 5) is 26.7. The number of nitriles is 1. The van der Waals surface area contributed by atoms with E-state index in [2.05, 4.69) is 15.3 Å². The van der Waals surface area contributed by atoms with E-state index in [1.165, 1.54) is 17.8 Å². The molecule has 3 aromatic heterocycles. The zero-order valence-electron chi connectivity index (χ0n) is 22.4. The zero-order chi connectivity index (χ0) is 30.6. The fourth-order valence-corrected chi connectivity index (χ4v) is 7.02. The molecule has 0 unspecified atom stereocenters. The van der Waals surface area contributed by atoms with Crippen LogP contribution in [0, 0.1) is 23.0 Å². The number of amides is 1. The van der Waals surface area contributed by atoms with Crippen molar-refractivity contribution in [3.8, 4) is 22.9 Å². The van der Waals surface area contributed by atoms with Crippen molar-refractivity contribution in [1.82, 2.24) is 15.0 Å². The molecule has 0 radical (unpaired) electrons. The summed E-state index contributed by atoms with van der Waals surface area (Å²) in [7, 11) is 0. The summed E-state index contributed by atoms with van der Waals surface area (Å²) >= 11 is 8.86. The molecule has 1 atom stereocenters. The van der Waals surface area contributed by atoms with Crippen LogP contribution in [0.2, 0.25) is 5.02 Å². The number of thioether (sulfide) groups is 1. The van der Waals surface area contributed by atoms with Crippen LogP contribution in [0.15, 0.2) is 35.6 Å². The van der Waals surface area contributed by atoms with Crippen molar-refractivity contribution >= 4 is 78.4 Å². The number of thiophene rings is 1. The van der Waals surface area contributed by atoms with E-state index >= 15 is 4.39 Å². The standard InChI is InChI=1S/C28H20ClF2N7O3S2/c1-11(12-4-3-7-34-24(12)33)38-8-9-41-22-18-21(35-27(42-2)36-25(18)38)20(31)17(19(22)29)13-5-6-15(30)23-16(13)14(10-32)26(43-23)37-28(39)40/h3-7,11,37H,8-9H2,1-2H3,(H2,33,34)(H,39,40)/t11-/m1/s1. The zero-order valence-corrected chi connectivity index (χ0v) is 24.8. The Balaban J connectivity index is 1.66. The van der Waals surface area contributed by atoms with Gasteiger partial charge in [0.05, 0.1) is 33.3 Å². The van der Waals surface area contributed by atoms with Gasteiger partial charge in [-0.1, -0.05) is 35.5 Å². The van der Waals surface area contributed by atoms with Crippen LogP contribution >= 0.6 is 34.7 Å². The Kier molecular flexibility index (Phi) is 7.33. The first-order valence-corrected chi connectivity index (χ1v) is 15.1. The minimum atomic E-state index is -1.44. The summed E-state index contributed by atoms with van der Waals surface area (Å²) < 4.78 is 37.9. The van der Waals surface area contributed by atoms with Gasteiger partial charge in [0, 0.05) is 22.7 Å². The molecule has 4 N–H and O–H groups in total. The quantitative estimate of drug-likeness (QED) is 0.135. The molecule has 2 aromatic carbocycles. The largest absolute Gasteiger partial charge is 0.489 e. The average molecular weight is 640 g/mol. The van der Waals surface area contributed by atoms with Gasteiger partial charge in [-0.2, -0.15) is 5.26 Å². The molecule has 0 saturated carbocycles. The summed E-state index contributed by atoms with van der Waals surface area (Å²) in [5.74, 6) is -0.692. The van der Waals surface area contributed by atoms with E-state index in [9.17, 15) is 19.6 Å². The maximum absolute atomic E-state index is 16.8. The molecule has 15 heteroatoms. The number of hydrogen-bond acceptors (Lipinski definition) is 10. The van der Waals surface area contributed by atoms with Crippen LogP contribution in [0.5, 0.6) is 5.75 Å². The molecule has 5 aromatic rings. The number of anilines is 3. The lowest BCUT2D eigenvalue weighted by Crippen LogP contribution is -2.31. The van der Waals surface area contributed by atoms with Crippen LogP contribution in [0.25, 0.3) is 32.1 Å². The number of pyridine rings is 1. The van der Waals surface area contributed by atoms with Crippen molar-refractivity contribution in [3.63, 3.8) is 0 Å². The number of nitrogens with one attached hydrogen (secondary N) is 1. The number of rotatable bonds is 5. The monoisotopic (exact) mass is 639 g/mol. The molecular formula is C28H20ClF2N7O3S2. The van der Waals surface area contributed by atoms with E-state index in [1.807, 2.05) is 24.0 Å². The molecule has 6 rings (SSSR count). The van der Waals surface area contributed by atoms with Crippen LogP contribution in [0.3, 0.4) is 0 Å². The third-order valence-corrected chi connectivity index (χ3v) is 9.18. The van der Waals surface area contributed by atoms with Gasteiger partial charge in [0.15, 0.2) is 16.7 Å². The summed E-state index contributed by atoms with van der Waals surface area (Å²) in [6.07, 6.45) is 1.92. The average Bonchev–Trinajstić information content (AvgIpc) is 3.23. The number of aromatic nitrogens is 3. The molecule has 218 valence electrons. The molecule has 0 spiro atoms. The van der Waals surface area contributed by atoms with Crippen LogP contribution in [-0.4, -0.2) is 45.6 Å². The van der Waals surface area contributed by atoms with E-state index in [4.69, 9.17) is 27.1 Å². The number of hydrogen-bond donors (Lipinski definition) is 3. The van der Waals surface area contributed by atoms with Crippen molar-refractivity contribution in [2.45, 2.75) is 18.1 Å². The fraction of sp³-hybridized carbons (Fsp3) is 0.179. The fourth-order valence-electron chi connectivity index (χ4n) is 5.26. The van der Waals surface area contributed by atoms with Crippen LogP contribution < -0.4 is 20.7 Å². The number of benzene rings is 2. The Morgan fingerprint density at radius 1 is 1.33 bits per heavy atom. The maximum Gasteiger partial charge on any atom is 0.409 e. The Hall–Kier alpha value is -4.45. The maximum atomic E-state index is 16.8. The second kappa shape index (κ2) is 11.0. The highest BCUT2D eigenvalue weighted by molar-refractivity contribution is 7.98. The van der Waals surface area contributed by atoms with Crippen LogP contribution in [-0.2, 0) is 0 Å². The summed E-state index contributed by atoms with van der Waals surface area (Å²) in [6.45, 7) is 2.41. The summed E-state index contributed by atoms with van der Waals surface area (Å²) in [5.41, 5.74) is 6.59. The van der Waals surface area contributed by atoms with Gasteiger partial charge in [-0.3, -0.25) is 5.32 Å². The minimum absolute atomic E-state index is 0.0129. The van der Waals surface area contributed by atoms with Crippen molar-refractivity contribution in [1.29, 1.82) is 5.26 Å². The lowest BCUT2D eigenvalue weighted by atomic mass is 9.96. The molecule has 0 aliphatic carbocycles. The van der Waals surface area contributed by atoms with Crippen molar-refractivity contribution in [3.05, 3.63) is 58.2 Å².